The van der Waals surface area contributed by atoms with E-state index >= 15 is 0 Å². The Labute approximate surface area is 218 Å². The van der Waals surface area contributed by atoms with Crippen molar-refractivity contribution in [1.29, 1.82) is 5.26 Å². The zero-order valence-corrected chi connectivity index (χ0v) is 20.5. The number of hydrogen-bond donors (Lipinski definition) is 0. The molecule has 0 aliphatic carbocycles. The highest BCUT2D eigenvalue weighted by molar-refractivity contribution is 5.64. The van der Waals surface area contributed by atoms with Gasteiger partial charge in [-0.2, -0.15) is 31.6 Å². The summed E-state index contributed by atoms with van der Waals surface area (Å²) < 4.78 is 86.2. The van der Waals surface area contributed by atoms with E-state index in [0.717, 1.165) is 33.9 Å². The topological polar surface area (TPSA) is 67.9 Å². The molecule has 4 aromatic rings. The van der Waals surface area contributed by atoms with Crippen molar-refractivity contribution in [2.75, 3.05) is 0 Å². The Morgan fingerprint density at radius 1 is 0.923 bits per heavy atom. The normalized spacial score (nSPS) is 11.8. The third-order valence-electron chi connectivity index (χ3n) is 5.98. The third-order valence-corrected chi connectivity index (χ3v) is 5.98. The Morgan fingerprint density at radius 3 is 2.15 bits per heavy atom. The number of rotatable bonds is 5. The fraction of sp³-hybridized carbons (Fsp3) is 0.179. The van der Waals surface area contributed by atoms with Crippen LogP contribution in [-0.2, 0) is 18.9 Å². The highest BCUT2D eigenvalue weighted by Gasteiger charge is 2.36. The van der Waals surface area contributed by atoms with Crippen LogP contribution in [0.4, 0.5) is 26.3 Å². The fourth-order valence-corrected chi connectivity index (χ4v) is 3.99. The molecule has 0 bridgehead atoms. The number of ether oxygens (including phenoxy) is 1. The van der Waals surface area contributed by atoms with Crippen molar-refractivity contribution in [2.45, 2.75) is 32.7 Å². The van der Waals surface area contributed by atoms with Gasteiger partial charge in [-0.15, -0.1) is 0 Å². The molecule has 0 spiro atoms. The SMILES string of the molecule is Cc1ccc(Cn2c(-c3ccc(Oc4ccc(C(F)(F)F)cn4)cc3)cc(C(F)(F)F)c(C#N)c2=O)c(C)c1. The first-order valence-electron chi connectivity index (χ1n) is 11.4. The zero-order chi connectivity index (χ0) is 28.5. The van der Waals surface area contributed by atoms with E-state index < -0.39 is 34.6 Å². The molecule has 0 atom stereocenters. The van der Waals surface area contributed by atoms with Gasteiger partial charge in [0.2, 0.25) is 5.88 Å². The average Bonchev–Trinajstić information content (AvgIpc) is 2.86. The summed E-state index contributed by atoms with van der Waals surface area (Å²) in [4.78, 5) is 16.8. The number of nitrogens with zero attached hydrogens (tertiary/aromatic N) is 3. The van der Waals surface area contributed by atoms with E-state index in [4.69, 9.17) is 4.74 Å². The van der Waals surface area contributed by atoms with Crippen LogP contribution < -0.4 is 10.3 Å². The molecule has 4 rings (SSSR count). The number of hydrogen-bond acceptors (Lipinski definition) is 4. The Kier molecular flexibility index (Phi) is 7.24. The van der Waals surface area contributed by atoms with Gasteiger partial charge in [0.05, 0.1) is 23.4 Å². The zero-order valence-electron chi connectivity index (χ0n) is 20.5. The Balaban J connectivity index is 1.76. The van der Waals surface area contributed by atoms with Crippen LogP contribution in [0, 0.1) is 25.2 Å². The fourth-order valence-electron chi connectivity index (χ4n) is 3.99. The first-order chi connectivity index (χ1) is 18.3. The molecule has 2 aromatic carbocycles. The molecule has 200 valence electrons. The molecular formula is C28H19F6N3O2. The van der Waals surface area contributed by atoms with Gasteiger partial charge < -0.3 is 9.30 Å². The van der Waals surface area contributed by atoms with Crippen LogP contribution in [0.3, 0.4) is 0 Å². The standard InChI is InChI=1S/C28H19F6N3O2/c1-16-3-4-19(17(2)11-16)15-37-24(12-23(28(32,33)34)22(13-35)26(37)38)18-5-8-21(9-6-18)39-25-10-7-20(14-36-25)27(29,30)31/h3-12,14H,15H2,1-2H3. The number of benzene rings is 2. The number of pyridine rings is 2. The molecule has 0 aliphatic rings. The molecule has 0 saturated heterocycles. The van der Waals surface area contributed by atoms with E-state index in [1.54, 1.807) is 6.07 Å². The predicted octanol–water partition coefficient (Wildman–Crippen LogP) is 7.28. The lowest BCUT2D eigenvalue weighted by Gasteiger charge is -2.19. The molecule has 0 amide bonds. The van der Waals surface area contributed by atoms with E-state index in [9.17, 15) is 36.4 Å². The van der Waals surface area contributed by atoms with Gasteiger partial charge in [0, 0.05) is 12.3 Å². The lowest BCUT2D eigenvalue weighted by molar-refractivity contribution is -0.138. The minimum Gasteiger partial charge on any atom is -0.439 e. The number of nitriles is 1. The van der Waals surface area contributed by atoms with E-state index in [0.29, 0.717) is 11.8 Å². The minimum absolute atomic E-state index is 0.0782. The largest absolute Gasteiger partial charge is 0.439 e. The number of aryl methyl sites for hydroxylation is 2. The average molecular weight is 543 g/mol. The molecule has 39 heavy (non-hydrogen) atoms. The second-order valence-electron chi connectivity index (χ2n) is 8.76. The summed E-state index contributed by atoms with van der Waals surface area (Å²) in [6.07, 6.45) is -8.89. The molecule has 2 heterocycles. The summed E-state index contributed by atoms with van der Waals surface area (Å²) in [5.74, 6) is 0.0270. The molecule has 0 unspecified atom stereocenters. The van der Waals surface area contributed by atoms with Crippen molar-refractivity contribution >= 4 is 0 Å². The molecule has 0 saturated carbocycles. The van der Waals surface area contributed by atoms with Crippen LogP contribution in [0.5, 0.6) is 11.6 Å². The van der Waals surface area contributed by atoms with Gasteiger partial charge in [0.15, 0.2) is 0 Å². The van der Waals surface area contributed by atoms with E-state index in [1.807, 2.05) is 26.0 Å². The van der Waals surface area contributed by atoms with Gasteiger partial charge in [-0.25, -0.2) is 4.98 Å². The number of alkyl halides is 6. The van der Waals surface area contributed by atoms with Gasteiger partial charge in [0.1, 0.15) is 17.4 Å². The van der Waals surface area contributed by atoms with E-state index in [2.05, 4.69) is 4.98 Å². The van der Waals surface area contributed by atoms with Crippen molar-refractivity contribution in [1.82, 2.24) is 9.55 Å². The Morgan fingerprint density at radius 2 is 1.62 bits per heavy atom. The molecule has 0 fully saturated rings. The van der Waals surface area contributed by atoms with Gasteiger partial charge in [0.25, 0.3) is 5.56 Å². The molecule has 0 aliphatic heterocycles. The van der Waals surface area contributed by atoms with Crippen molar-refractivity contribution in [3.63, 3.8) is 0 Å². The highest BCUT2D eigenvalue weighted by atomic mass is 19.4. The summed E-state index contributed by atoms with van der Waals surface area (Å²) in [6, 6.07) is 15.0. The van der Waals surface area contributed by atoms with Crippen LogP contribution in [0.2, 0.25) is 0 Å². The smallest absolute Gasteiger partial charge is 0.417 e. The highest BCUT2D eigenvalue weighted by Crippen LogP contribution is 2.35. The van der Waals surface area contributed by atoms with Crippen molar-refractivity contribution in [2.24, 2.45) is 0 Å². The minimum atomic E-state index is -4.95. The Hall–Kier alpha value is -4.59. The van der Waals surface area contributed by atoms with Crippen LogP contribution >= 0.6 is 0 Å². The van der Waals surface area contributed by atoms with Gasteiger partial charge in [-0.05, 0) is 66.9 Å². The maximum absolute atomic E-state index is 13.8. The molecular weight excluding hydrogens is 524 g/mol. The first-order valence-corrected chi connectivity index (χ1v) is 11.4. The van der Waals surface area contributed by atoms with Gasteiger partial charge >= 0.3 is 12.4 Å². The molecule has 2 aromatic heterocycles. The monoisotopic (exact) mass is 543 g/mol. The summed E-state index contributed by atoms with van der Waals surface area (Å²) >= 11 is 0. The number of halogens is 6. The first kappa shape index (κ1) is 27.4. The van der Waals surface area contributed by atoms with Crippen molar-refractivity contribution < 1.29 is 31.1 Å². The Bertz CT molecular complexity index is 1610. The maximum Gasteiger partial charge on any atom is 0.417 e. The second-order valence-corrected chi connectivity index (χ2v) is 8.76. The second kappa shape index (κ2) is 10.3. The lowest BCUT2D eigenvalue weighted by atomic mass is 10.0. The summed E-state index contributed by atoms with van der Waals surface area (Å²) in [5, 5.41) is 9.40. The van der Waals surface area contributed by atoms with Crippen LogP contribution in [0.1, 0.15) is 33.4 Å². The summed E-state index contributed by atoms with van der Waals surface area (Å²) in [7, 11) is 0. The number of aromatic nitrogens is 2. The lowest BCUT2D eigenvalue weighted by Crippen LogP contribution is -2.29. The van der Waals surface area contributed by atoms with Crippen LogP contribution in [-0.4, -0.2) is 9.55 Å². The third kappa shape index (κ3) is 5.95. The summed E-state index contributed by atoms with van der Waals surface area (Å²) in [6.45, 7) is 3.61. The van der Waals surface area contributed by atoms with E-state index in [1.165, 1.54) is 30.3 Å². The van der Waals surface area contributed by atoms with Crippen LogP contribution in [0.25, 0.3) is 11.3 Å². The molecule has 0 N–H and O–H groups in total. The van der Waals surface area contributed by atoms with Crippen LogP contribution in [0.15, 0.2) is 71.7 Å². The van der Waals surface area contributed by atoms with Crippen molar-refractivity contribution in [3.8, 4) is 29.0 Å². The molecule has 0 radical (unpaired) electrons. The molecule has 11 heteroatoms. The summed E-state index contributed by atoms with van der Waals surface area (Å²) in [5.41, 5.74) is -1.79. The molecule has 5 nitrogen and oxygen atoms in total. The maximum atomic E-state index is 13.8. The predicted molar refractivity (Wildman–Crippen MR) is 130 cm³/mol. The van der Waals surface area contributed by atoms with E-state index in [-0.39, 0.29) is 29.4 Å². The quantitative estimate of drug-likeness (QED) is 0.248. The van der Waals surface area contributed by atoms with Crippen molar-refractivity contribution in [3.05, 3.63) is 111 Å². The van der Waals surface area contributed by atoms with Gasteiger partial charge in [-0.1, -0.05) is 23.8 Å². The van der Waals surface area contributed by atoms with Gasteiger partial charge in [-0.3, -0.25) is 4.79 Å².